The van der Waals surface area contributed by atoms with E-state index in [0.717, 1.165) is 75.0 Å². The smallest absolute Gasteiger partial charge is 0.119 e. The summed E-state index contributed by atoms with van der Waals surface area (Å²) in [6.07, 6.45) is 15.6. The first kappa shape index (κ1) is 105. The molecule has 12 nitrogen and oxygen atoms in total. The summed E-state index contributed by atoms with van der Waals surface area (Å²) < 4.78 is 47.3. The van der Waals surface area contributed by atoms with Crippen LogP contribution in [0.5, 0.6) is 46.0 Å². The minimum absolute atomic E-state index is 0.265. The van der Waals surface area contributed by atoms with Crippen LogP contribution in [0.2, 0.25) is 0 Å². The molecule has 0 fully saturated rings. The molecule has 0 aliphatic heterocycles. The Morgan fingerprint density at radius 1 is 0.197 bits per heavy atom. The number of ether oxygens (including phenoxy) is 9. The van der Waals surface area contributed by atoms with E-state index < -0.39 is 10.8 Å². The van der Waals surface area contributed by atoms with Gasteiger partial charge in [0.1, 0.15) is 85.6 Å². The van der Waals surface area contributed by atoms with Crippen molar-refractivity contribution in [1.82, 2.24) is 0 Å². The van der Waals surface area contributed by atoms with E-state index in [1.807, 2.05) is 133 Å². The molecular formula is C125H124O12. The van der Waals surface area contributed by atoms with Crippen molar-refractivity contribution < 1.29 is 58.0 Å². The van der Waals surface area contributed by atoms with Crippen LogP contribution in [0.1, 0.15) is 44.5 Å². The normalized spacial score (nSPS) is 11.0. The van der Waals surface area contributed by atoms with Crippen molar-refractivity contribution in [2.45, 2.75) is 10.8 Å². The van der Waals surface area contributed by atoms with Gasteiger partial charge < -0.3 is 58.0 Å². The molecular weight excluding hydrogens is 1690 g/mol. The lowest BCUT2D eigenvalue weighted by molar-refractivity contribution is 0.234. The van der Waals surface area contributed by atoms with Gasteiger partial charge >= 0.3 is 0 Å². The fourth-order valence-corrected chi connectivity index (χ4v) is 15.6. The van der Waals surface area contributed by atoms with Crippen molar-refractivity contribution in [3.8, 4) is 90.5 Å². The third-order valence-corrected chi connectivity index (χ3v) is 21.5. The van der Waals surface area contributed by atoms with Gasteiger partial charge in [0.15, 0.2) is 0 Å². The summed E-state index contributed by atoms with van der Waals surface area (Å²) in [6, 6.07) is 132. The zero-order valence-corrected chi connectivity index (χ0v) is 78.9. The molecule has 0 radical (unpaired) electrons. The molecule has 0 saturated heterocycles. The Bertz CT molecular complexity index is 5910. The molecule has 0 heterocycles. The molecule has 2 aliphatic carbocycles. The maximum absolute atomic E-state index is 9.94. The van der Waals surface area contributed by atoms with E-state index in [0.29, 0.717) is 59.5 Å². The van der Waals surface area contributed by atoms with Gasteiger partial charge in [0.2, 0.25) is 0 Å². The topological polar surface area (TPSA) is 144 Å². The monoisotopic (exact) mass is 1820 g/mol. The lowest BCUT2D eigenvalue weighted by Crippen LogP contribution is -2.28. The minimum atomic E-state index is -0.460. The highest BCUT2D eigenvalue weighted by Gasteiger charge is 2.47. The summed E-state index contributed by atoms with van der Waals surface area (Å²) in [7, 11) is 5.92. The third kappa shape index (κ3) is 29.5. The molecule has 16 aromatic rings. The van der Waals surface area contributed by atoms with Crippen molar-refractivity contribution in [2.24, 2.45) is 0 Å². The summed E-state index contributed by atoms with van der Waals surface area (Å²) in [5.74, 6) is 5.55. The van der Waals surface area contributed by atoms with Gasteiger partial charge in [-0.05, 0) is 208 Å². The van der Waals surface area contributed by atoms with Crippen LogP contribution in [0.4, 0.5) is 0 Å². The number of fused-ring (bicyclic) bond motifs is 8. The van der Waals surface area contributed by atoms with E-state index in [4.69, 9.17) is 33.5 Å². The molecule has 0 atom stereocenters. The Morgan fingerprint density at radius 2 is 0.350 bits per heavy atom. The van der Waals surface area contributed by atoms with Gasteiger partial charge in [-0.25, -0.2) is 0 Å². The van der Waals surface area contributed by atoms with Gasteiger partial charge in [0.05, 0.1) is 30.7 Å². The Labute approximate surface area is 810 Å². The summed E-state index contributed by atoms with van der Waals surface area (Å²) in [5.41, 5.74) is 18.3. The second-order valence-corrected chi connectivity index (χ2v) is 30.4. The number of rotatable bonds is 30. The molecule has 0 amide bonds. The Hall–Kier alpha value is -16.1. The van der Waals surface area contributed by atoms with E-state index in [2.05, 4.69) is 304 Å². The molecule has 0 bridgehead atoms. The van der Waals surface area contributed by atoms with Crippen molar-refractivity contribution in [2.75, 3.05) is 87.9 Å². The fraction of sp³-hybridized carbons (Fsp3) is 0.120. The number of hydrogen-bond donors (Lipinski definition) is 3. The van der Waals surface area contributed by atoms with Gasteiger partial charge in [-0.3, -0.25) is 0 Å². The Kier molecular flexibility index (Phi) is 44.4. The van der Waals surface area contributed by atoms with E-state index in [1.165, 1.54) is 77.2 Å². The summed E-state index contributed by atoms with van der Waals surface area (Å²) >= 11 is 0. The minimum Gasteiger partial charge on any atom is -0.508 e. The van der Waals surface area contributed by atoms with Crippen LogP contribution in [-0.4, -0.2) is 103 Å². The van der Waals surface area contributed by atoms with Gasteiger partial charge in [0.25, 0.3) is 0 Å². The lowest BCUT2D eigenvalue weighted by atomic mass is 9.68. The number of aliphatic hydroxyl groups excluding tert-OH is 1. The van der Waals surface area contributed by atoms with Crippen molar-refractivity contribution in [3.63, 3.8) is 0 Å². The molecule has 0 aromatic heterocycles. The van der Waals surface area contributed by atoms with Crippen LogP contribution in [0.15, 0.2) is 502 Å². The summed E-state index contributed by atoms with van der Waals surface area (Å²) in [4.78, 5) is 0. The SMILES string of the molecule is C=CCOC.C=CCOC.C=CCOC.C=CCOc1ccc(-c2ccc(O)cc2)cc1.C=CCOc1ccc(-c2ccc(OCC=C)cc2)cc1.C=CCOc1ccc(C2(c3ccc(O)cc3)c3ccccc3-c3ccccc32)cc1.C=CCOc1ccc(C2(c3ccc(OCC=C)cc3)c3ccccc3-c3ccccc32)cc1.CO.c1ccc2ccccc2c1.c1ccc2ccccc2c1. The van der Waals surface area contributed by atoms with Crippen LogP contribution in [0.3, 0.4) is 0 Å². The van der Waals surface area contributed by atoms with E-state index >= 15 is 0 Å². The zero-order valence-electron chi connectivity index (χ0n) is 78.9. The van der Waals surface area contributed by atoms with Crippen LogP contribution in [0, 0.1) is 0 Å². The number of phenols is 2. The predicted molar refractivity (Wildman–Crippen MR) is 571 cm³/mol. The standard InChI is InChI=1S/C31H26O2.C28H22O2.C18H18O2.C15H14O2.2C10H8.3C4H8O.CH4O/c1-3-21-32-25-17-13-23(14-18-25)31(24-15-19-26(20-16-24)33-22-4-2)29-11-7-5-9-27(29)28-10-6-8-12-30(28)31;1-2-19-30-23-17-13-21(14-18-23)28(20-11-15-22(29)16-12-20)26-9-5-3-7-24(26)25-8-4-6-10-27(25)28;1-3-13-19-17-9-5-15(6-10-17)16-7-11-18(12-8-16)20-14-4-2;1-2-11-17-15-9-5-13(6-10-15)12-3-7-14(16)8-4-12;2*1-2-6-10-8-4-3-7-9(10)5-1;3*1-3-4-5-2;1-2/h3-20H,1-2,21-22H2;2-18,29H,1,19H2;3-12H,1-2,13-14H2;2-10,16H,1,11H2;2*1-8H;3*3H,1,4H2,2H3;2H,1H3. The van der Waals surface area contributed by atoms with Crippen LogP contribution in [0.25, 0.3) is 66.1 Å². The number of methoxy groups -OCH3 is 3. The maximum Gasteiger partial charge on any atom is 0.119 e. The van der Waals surface area contributed by atoms with E-state index in [1.54, 1.807) is 100 Å². The van der Waals surface area contributed by atoms with Gasteiger partial charge in [-0.15, -0.1) is 19.7 Å². The van der Waals surface area contributed by atoms with Crippen LogP contribution >= 0.6 is 0 Å². The van der Waals surface area contributed by atoms with E-state index in [-0.39, 0.29) is 11.5 Å². The molecule has 0 saturated carbocycles. The second kappa shape index (κ2) is 58.1. The molecule has 16 aromatic carbocycles. The number of hydrogen-bond acceptors (Lipinski definition) is 12. The highest BCUT2D eigenvalue weighted by Crippen LogP contribution is 2.58. The lowest BCUT2D eigenvalue weighted by Gasteiger charge is -2.34. The zero-order chi connectivity index (χ0) is 97.5. The molecule has 696 valence electrons. The van der Waals surface area contributed by atoms with Crippen molar-refractivity contribution in [3.05, 3.63) is 547 Å². The summed E-state index contributed by atoms with van der Waals surface area (Å²) in [6.45, 7) is 37.3. The maximum atomic E-state index is 9.94. The average molecular weight is 1820 g/mol. The predicted octanol–water partition coefficient (Wildman–Crippen LogP) is 29.4. The average Bonchev–Trinajstić information content (AvgIpc) is 1.55. The van der Waals surface area contributed by atoms with Crippen LogP contribution < -0.4 is 28.4 Å². The Balaban J connectivity index is 0.000000185. The quantitative estimate of drug-likeness (QED) is 0.0369. The molecule has 0 spiro atoms. The highest BCUT2D eigenvalue weighted by molar-refractivity contribution is 5.89. The Morgan fingerprint density at radius 3 is 0.526 bits per heavy atom. The van der Waals surface area contributed by atoms with Crippen molar-refractivity contribution >= 4 is 21.5 Å². The largest absolute Gasteiger partial charge is 0.508 e. The first-order chi connectivity index (χ1) is 67.3. The third-order valence-electron chi connectivity index (χ3n) is 21.5. The molecule has 137 heavy (non-hydrogen) atoms. The molecule has 0 unspecified atom stereocenters. The number of aliphatic hydroxyl groups is 1. The van der Waals surface area contributed by atoms with Crippen molar-refractivity contribution in [1.29, 1.82) is 0 Å². The number of aromatic hydroxyl groups is 2. The molecule has 18 rings (SSSR count). The fourth-order valence-electron chi connectivity index (χ4n) is 15.6. The van der Waals surface area contributed by atoms with E-state index in [9.17, 15) is 10.2 Å². The molecule has 2 aliphatic rings. The highest BCUT2D eigenvalue weighted by atomic mass is 16.5. The molecule has 3 N–H and O–H groups in total. The van der Waals surface area contributed by atoms with Gasteiger partial charge in [-0.2, -0.15) is 0 Å². The number of phenolic OH excluding ortho intramolecular Hbond substituents is 2. The van der Waals surface area contributed by atoms with Gasteiger partial charge in [-0.1, -0.05) is 385 Å². The summed E-state index contributed by atoms with van der Waals surface area (Å²) in [5, 5.41) is 31.4. The second-order valence-electron chi connectivity index (χ2n) is 30.4. The first-order valence-electron chi connectivity index (χ1n) is 45.0. The first-order valence-corrected chi connectivity index (χ1v) is 45.0. The van der Waals surface area contributed by atoms with Crippen LogP contribution in [-0.2, 0) is 25.0 Å². The van der Waals surface area contributed by atoms with Gasteiger partial charge in [0, 0.05) is 28.4 Å². The number of benzene rings is 16. The molecule has 12 heteroatoms.